The number of aliphatic hydroxyl groups excluding tert-OH is 1. The van der Waals surface area contributed by atoms with Gasteiger partial charge in [0.1, 0.15) is 17.4 Å². The Morgan fingerprint density at radius 2 is 2.11 bits per heavy atom. The van der Waals surface area contributed by atoms with Gasteiger partial charge < -0.3 is 14.9 Å². The van der Waals surface area contributed by atoms with Gasteiger partial charge in [0.05, 0.1) is 0 Å². The minimum absolute atomic E-state index is 0.176. The van der Waals surface area contributed by atoms with E-state index in [9.17, 15) is 23.5 Å². The third kappa shape index (κ3) is 3.23. The smallest absolute Gasteiger partial charge is 0.387 e. The summed E-state index contributed by atoms with van der Waals surface area (Å²) in [7, 11) is 0. The summed E-state index contributed by atoms with van der Waals surface area (Å²) in [5.41, 5.74) is -1.16. The molecule has 2 N–H and O–H groups in total. The van der Waals surface area contributed by atoms with Crippen LogP contribution in [0.1, 0.15) is 27.6 Å². The number of nitrogens with zero attached hydrogens (tertiary/aromatic N) is 1. The van der Waals surface area contributed by atoms with Crippen molar-refractivity contribution in [1.82, 2.24) is 0 Å². The topological polar surface area (TPSA) is 108 Å². The van der Waals surface area contributed by atoms with Gasteiger partial charge in [-0.05, 0) is 17.7 Å². The molecule has 0 radical (unpaired) electrons. The van der Waals surface area contributed by atoms with E-state index in [1.54, 1.807) is 0 Å². The number of halogens is 2. The normalized spacial score (nSPS) is 11.7. The number of nitriles is 1. The van der Waals surface area contributed by atoms with Gasteiger partial charge in [0, 0.05) is 5.56 Å². The van der Waals surface area contributed by atoms with E-state index < -0.39 is 30.0 Å². The van der Waals surface area contributed by atoms with E-state index in [1.165, 1.54) is 6.07 Å². The van der Waals surface area contributed by atoms with Gasteiger partial charge in [-0.3, -0.25) is 4.79 Å². The van der Waals surface area contributed by atoms with Crippen molar-refractivity contribution < 1.29 is 33.3 Å². The highest BCUT2D eigenvalue weighted by Gasteiger charge is 2.22. The first-order valence-electron chi connectivity index (χ1n) is 4.79. The highest BCUT2D eigenvalue weighted by atomic mass is 19.3. The second kappa shape index (κ2) is 5.88. The van der Waals surface area contributed by atoms with Crippen molar-refractivity contribution in [2.45, 2.75) is 12.7 Å². The van der Waals surface area contributed by atoms with Crippen LogP contribution in [0.25, 0.3) is 0 Å². The van der Waals surface area contributed by atoms with E-state index in [-0.39, 0.29) is 17.4 Å². The Hall–Kier alpha value is -2.53. The molecule has 0 amide bonds. The molecule has 0 spiro atoms. The number of carbonyl (C=O) groups is 2. The molecule has 0 aliphatic carbocycles. The summed E-state index contributed by atoms with van der Waals surface area (Å²) in [6, 6.07) is 3.19. The Bertz CT molecular complexity index is 553. The molecule has 1 rings (SSSR count). The number of aliphatic carboxylic acids is 1. The first-order valence-corrected chi connectivity index (χ1v) is 4.79. The van der Waals surface area contributed by atoms with E-state index in [2.05, 4.69) is 4.74 Å². The molecule has 0 saturated carbocycles. The predicted molar refractivity (Wildman–Crippen MR) is 55.8 cm³/mol. The molecular weight excluding hydrogens is 264 g/mol. The van der Waals surface area contributed by atoms with Gasteiger partial charge >= 0.3 is 12.6 Å². The van der Waals surface area contributed by atoms with E-state index in [1.807, 2.05) is 0 Å². The fraction of sp³-hybridized carbons (Fsp3) is 0.182. The lowest BCUT2D eigenvalue weighted by molar-refractivity contribution is -0.146. The number of hydrogen-bond acceptors (Lipinski definition) is 5. The second-order valence-electron chi connectivity index (χ2n) is 3.33. The molecule has 100 valence electrons. The number of aliphatic hydroxyl groups is 1. The van der Waals surface area contributed by atoms with E-state index in [4.69, 9.17) is 10.4 Å². The number of carboxylic acid groups (broad SMARTS) is 1. The standard InChI is InChI=1S/C11H7F2NO5/c12-11(13)19-8-2-5(9(16)10(17)18)1-6(4-15)7(8)3-14/h1-2,4,9,11,16H,(H,17,18). The van der Waals surface area contributed by atoms with Crippen molar-refractivity contribution >= 4 is 12.3 Å². The van der Waals surface area contributed by atoms with Crippen LogP contribution in [-0.4, -0.2) is 29.1 Å². The quantitative estimate of drug-likeness (QED) is 0.776. The van der Waals surface area contributed by atoms with Crippen LogP contribution >= 0.6 is 0 Å². The highest BCUT2D eigenvalue weighted by molar-refractivity contribution is 5.83. The average molecular weight is 271 g/mol. The predicted octanol–water partition coefficient (Wildman–Crippen LogP) is 1.09. The maximum Gasteiger partial charge on any atom is 0.387 e. The maximum atomic E-state index is 12.2. The first kappa shape index (κ1) is 14.5. The maximum absolute atomic E-state index is 12.2. The molecule has 0 aliphatic rings. The lowest BCUT2D eigenvalue weighted by Crippen LogP contribution is -2.13. The minimum Gasteiger partial charge on any atom is -0.479 e. The number of ether oxygens (including phenoxy) is 1. The van der Waals surface area contributed by atoms with Crippen molar-refractivity contribution in [1.29, 1.82) is 5.26 Å². The summed E-state index contributed by atoms with van der Waals surface area (Å²) in [6.45, 7) is -3.26. The summed E-state index contributed by atoms with van der Waals surface area (Å²) in [4.78, 5) is 21.3. The van der Waals surface area contributed by atoms with Crippen molar-refractivity contribution in [3.05, 3.63) is 28.8 Å². The van der Waals surface area contributed by atoms with Crippen LogP contribution < -0.4 is 4.74 Å². The van der Waals surface area contributed by atoms with Gasteiger partial charge in [0.2, 0.25) is 0 Å². The van der Waals surface area contributed by atoms with Crippen molar-refractivity contribution in [2.75, 3.05) is 0 Å². The number of benzene rings is 1. The number of carboxylic acids is 1. The number of rotatable bonds is 5. The van der Waals surface area contributed by atoms with E-state index >= 15 is 0 Å². The fourth-order valence-corrected chi connectivity index (χ4v) is 1.36. The fourth-order valence-electron chi connectivity index (χ4n) is 1.36. The Labute approximate surface area is 105 Å². The van der Waals surface area contributed by atoms with Crippen molar-refractivity contribution in [2.24, 2.45) is 0 Å². The molecule has 1 unspecified atom stereocenters. The van der Waals surface area contributed by atoms with Crippen molar-refractivity contribution in [3.8, 4) is 11.8 Å². The Morgan fingerprint density at radius 1 is 1.47 bits per heavy atom. The largest absolute Gasteiger partial charge is 0.479 e. The Morgan fingerprint density at radius 3 is 2.53 bits per heavy atom. The zero-order chi connectivity index (χ0) is 14.6. The van der Waals surface area contributed by atoms with Gasteiger partial charge in [-0.25, -0.2) is 4.79 Å². The lowest BCUT2D eigenvalue weighted by Gasteiger charge is -2.12. The number of hydrogen-bond donors (Lipinski definition) is 2. The molecule has 1 aromatic rings. The Balaban J connectivity index is 3.42. The van der Waals surface area contributed by atoms with Crippen LogP contribution in [0, 0.1) is 11.3 Å². The highest BCUT2D eigenvalue weighted by Crippen LogP contribution is 2.28. The number of carbonyl (C=O) groups excluding carboxylic acids is 1. The molecule has 19 heavy (non-hydrogen) atoms. The monoisotopic (exact) mass is 271 g/mol. The van der Waals surface area contributed by atoms with Crippen LogP contribution in [0.5, 0.6) is 5.75 Å². The first-order chi connectivity index (χ1) is 8.90. The summed E-state index contributed by atoms with van der Waals surface area (Å²) in [6.07, 6.45) is -1.85. The third-order valence-electron chi connectivity index (χ3n) is 2.16. The zero-order valence-electron chi connectivity index (χ0n) is 9.21. The molecule has 8 heteroatoms. The van der Waals surface area contributed by atoms with Gasteiger partial charge in [-0.2, -0.15) is 14.0 Å². The van der Waals surface area contributed by atoms with Crippen LogP contribution in [0.15, 0.2) is 12.1 Å². The summed E-state index contributed by atoms with van der Waals surface area (Å²) in [5.74, 6) is -2.30. The molecular formula is C11H7F2NO5. The molecule has 0 fully saturated rings. The van der Waals surface area contributed by atoms with Gasteiger partial charge in [-0.1, -0.05) is 0 Å². The summed E-state index contributed by atoms with van der Waals surface area (Å²) >= 11 is 0. The summed E-state index contributed by atoms with van der Waals surface area (Å²) < 4.78 is 28.4. The average Bonchev–Trinajstić information content (AvgIpc) is 2.35. The summed E-state index contributed by atoms with van der Waals surface area (Å²) in [5, 5.41) is 26.7. The molecule has 0 heterocycles. The van der Waals surface area contributed by atoms with Gasteiger partial charge in [0.15, 0.2) is 12.4 Å². The molecule has 1 aromatic carbocycles. The van der Waals surface area contributed by atoms with Crippen LogP contribution in [0.3, 0.4) is 0 Å². The van der Waals surface area contributed by atoms with Crippen LogP contribution in [0.2, 0.25) is 0 Å². The van der Waals surface area contributed by atoms with E-state index in [0.717, 1.165) is 12.1 Å². The second-order valence-corrected chi connectivity index (χ2v) is 3.33. The SMILES string of the molecule is N#Cc1c(C=O)cc(C(O)C(=O)O)cc1OC(F)F. The zero-order valence-corrected chi connectivity index (χ0v) is 9.21. The number of alkyl halides is 2. The third-order valence-corrected chi connectivity index (χ3v) is 2.16. The van der Waals surface area contributed by atoms with E-state index in [0.29, 0.717) is 0 Å². The molecule has 0 aliphatic heterocycles. The van der Waals surface area contributed by atoms with Crippen molar-refractivity contribution in [3.63, 3.8) is 0 Å². The Kier molecular flexibility index (Phi) is 4.50. The van der Waals surface area contributed by atoms with Crippen LogP contribution in [0.4, 0.5) is 8.78 Å². The molecule has 1 atom stereocenters. The molecule has 0 saturated heterocycles. The lowest BCUT2D eigenvalue weighted by atomic mass is 10.0. The van der Waals surface area contributed by atoms with Crippen LogP contribution in [-0.2, 0) is 4.79 Å². The van der Waals surface area contributed by atoms with Gasteiger partial charge in [0.25, 0.3) is 0 Å². The number of aldehydes is 1. The molecule has 6 nitrogen and oxygen atoms in total. The van der Waals surface area contributed by atoms with Gasteiger partial charge in [-0.15, -0.1) is 0 Å². The molecule has 0 bridgehead atoms. The minimum atomic E-state index is -3.26. The molecule has 0 aromatic heterocycles.